The first kappa shape index (κ1) is 32.2. The number of hydrogen-bond acceptors (Lipinski definition) is 9. The smallest absolute Gasteiger partial charge is 0.322 e. The molecule has 6 N–H and O–H groups in total. The molecule has 2 aliphatic carbocycles. The minimum atomic E-state index is -1.24. The number of ether oxygens (including phenoxy) is 1. The van der Waals surface area contributed by atoms with Crippen LogP contribution in [0.1, 0.15) is 57.4 Å². The number of esters is 1. The van der Waals surface area contributed by atoms with Gasteiger partial charge in [0.25, 0.3) is 0 Å². The zero-order chi connectivity index (χ0) is 31.1. The molecule has 4 rings (SSSR count). The molecule has 2 heterocycles. The molecule has 0 bridgehead atoms. The van der Waals surface area contributed by atoms with Crippen molar-refractivity contribution in [2.45, 2.75) is 75.1 Å². The Hall–Kier alpha value is -3.71. The van der Waals surface area contributed by atoms with Crippen molar-refractivity contribution in [1.29, 1.82) is 0 Å². The van der Waals surface area contributed by atoms with E-state index in [1.165, 1.54) is 17.3 Å². The predicted octanol–water partition coefficient (Wildman–Crippen LogP) is 1.94. The number of pyridine rings is 1. The molecule has 1 aromatic rings. The van der Waals surface area contributed by atoms with Crippen LogP contribution in [0.2, 0.25) is 0 Å². The molecule has 1 aromatic heterocycles. The standard InChI is InChI=1S/C30H38N4O8S/c1-2-8-30(43-16-22(27(38)33-15-24(36)37)34-23(35)4-3-21(31)28(39)40)9-5-19-13-18(12-17-6-10-32-11-7-17)14-20-25(19)26(30)42-29(20)41/h6-7,10-11,14,19-22H,2-5,8-9,12-13,15-16,31H2,1H3,(H,33,38)(H,34,35)(H,36,37)(H,39,40)/t19-,20+,21+,22+,30-/m1/s1. The van der Waals surface area contributed by atoms with Crippen LogP contribution in [0, 0.1) is 11.8 Å². The van der Waals surface area contributed by atoms with Crippen molar-refractivity contribution in [3.8, 4) is 0 Å². The van der Waals surface area contributed by atoms with Crippen molar-refractivity contribution >= 4 is 41.5 Å². The Morgan fingerprint density at radius 1 is 1.23 bits per heavy atom. The Balaban J connectivity index is 1.54. The van der Waals surface area contributed by atoms with E-state index in [1.807, 2.05) is 25.1 Å². The van der Waals surface area contributed by atoms with E-state index >= 15 is 0 Å². The van der Waals surface area contributed by atoms with Gasteiger partial charge < -0.3 is 31.3 Å². The Bertz CT molecular complexity index is 1320. The monoisotopic (exact) mass is 614 g/mol. The summed E-state index contributed by atoms with van der Waals surface area (Å²) in [4.78, 5) is 65.0. The third kappa shape index (κ3) is 7.82. The Morgan fingerprint density at radius 3 is 2.65 bits per heavy atom. The van der Waals surface area contributed by atoms with E-state index in [1.54, 1.807) is 12.4 Å². The molecule has 43 heavy (non-hydrogen) atoms. The Kier molecular flexibility index (Phi) is 10.6. The van der Waals surface area contributed by atoms with Crippen LogP contribution >= 0.6 is 11.8 Å². The highest BCUT2D eigenvalue weighted by Crippen LogP contribution is 2.56. The molecular formula is C30H38N4O8S. The van der Waals surface area contributed by atoms with Crippen LogP contribution in [0.3, 0.4) is 0 Å². The summed E-state index contributed by atoms with van der Waals surface area (Å²) < 4.78 is 5.42. The van der Waals surface area contributed by atoms with E-state index in [9.17, 15) is 24.0 Å². The number of amides is 2. The minimum absolute atomic E-state index is 0.0922. The molecule has 0 aromatic carbocycles. The van der Waals surface area contributed by atoms with Crippen LogP contribution in [0.4, 0.5) is 0 Å². The molecule has 0 spiro atoms. The van der Waals surface area contributed by atoms with Crippen LogP contribution < -0.4 is 16.4 Å². The van der Waals surface area contributed by atoms with Crippen molar-refractivity contribution in [1.82, 2.24) is 15.6 Å². The fourth-order valence-electron chi connectivity index (χ4n) is 6.09. The third-order valence-corrected chi connectivity index (χ3v) is 9.79. The fraction of sp³-hybridized carbons (Fsp3) is 0.533. The highest BCUT2D eigenvalue weighted by Gasteiger charge is 2.52. The summed E-state index contributed by atoms with van der Waals surface area (Å²) in [5.74, 6) is -3.55. The Labute approximate surface area is 253 Å². The van der Waals surface area contributed by atoms with Gasteiger partial charge in [-0.25, -0.2) is 0 Å². The molecule has 1 aliphatic heterocycles. The van der Waals surface area contributed by atoms with Crippen LogP contribution in [0.5, 0.6) is 0 Å². The topological polar surface area (TPSA) is 198 Å². The van der Waals surface area contributed by atoms with Gasteiger partial charge in [-0.3, -0.25) is 29.0 Å². The van der Waals surface area contributed by atoms with Gasteiger partial charge in [-0.2, -0.15) is 0 Å². The molecule has 12 nitrogen and oxygen atoms in total. The highest BCUT2D eigenvalue weighted by molar-refractivity contribution is 8.00. The van der Waals surface area contributed by atoms with Gasteiger partial charge in [0.1, 0.15) is 30.3 Å². The number of carbonyl (C=O) groups is 5. The maximum Gasteiger partial charge on any atom is 0.322 e. The largest absolute Gasteiger partial charge is 0.480 e. The second-order valence-electron chi connectivity index (χ2n) is 11.3. The first-order chi connectivity index (χ1) is 20.5. The lowest BCUT2D eigenvalue weighted by Crippen LogP contribution is -2.50. The Morgan fingerprint density at radius 2 is 1.98 bits per heavy atom. The van der Waals surface area contributed by atoms with E-state index in [0.29, 0.717) is 18.6 Å². The molecular weight excluding hydrogens is 576 g/mol. The summed E-state index contributed by atoms with van der Waals surface area (Å²) in [5, 5.41) is 23.0. The molecule has 0 unspecified atom stereocenters. The highest BCUT2D eigenvalue weighted by atomic mass is 32.2. The van der Waals surface area contributed by atoms with Crippen molar-refractivity contribution in [2.75, 3.05) is 12.3 Å². The molecule has 13 heteroatoms. The molecule has 0 saturated carbocycles. The number of allylic oxidation sites excluding steroid dienone is 1. The van der Waals surface area contributed by atoms with Crippen molar-refractivity contribution in [3.05, 3.63) is 53.1 Å². The van der Waals surface area contributed by atoms with Crippen LogP contribution in [-0.4, -0.2) is 74.0 Å². The quantitative estimate of drug-likeness (QED) is 0.143. The van der Waals surface area contributed by atoms with E-state index in [4.69, 9.17) is 20.7 Å². The predicted molar refractivity (Wildman–Crippen MR) is 157 cm³/mol. The summed E-state index contributed by atoms with van der Waals surface area (Å²) in [5.41, 5.74) is 8.84. The summed E-state index contributed by atoms with van der Waals surface area (Å²) in [7, 11) is 0. The average molecular weight is 615 g/mol. The van der Waals surface area contributed by atoms with Gasteiger partial charge in [-0.15, -0.1) is 11.8 Å². The van der Waals surface area contributed by atoms with Gasteiger partial charge in [-0.1, -0.05) is 25.0 Å². The van der Waals surface area contributed by atoms with Crippen molar-refractivity contribution in [3.63, 3.8) is 0 Å². The zero-order valence-electron chi connectivity index (χ0n) is 24.0. The number of rotatable bonds is 15. The molecule has 5 atom stereocenters. The van der Waals surface area contributed by atoms with E-state index in [-0.39, 0.29) is 30.5 Å². The summed E-state index contributed by atoms with van der Waals surface area (Å²) in [6.45, 7) is 1.41. The average Bonchev–Trinajstić information content (AvgIpc) is 3.32. The molecule has 3 aliphatic rings. The van der Waals surface area contributed by atoms with E-state index < -0.39 is 53.0 Å². The van der Waals surface area contributed by atoms with Gasteiger partial charge in [-0.05, 0) is 67.7 Å². The summed E-state index contributed by atoms with van der Waals surface area (Å²) >= 11 is 1.43. The number of aliphatic carboxylic acids is 2. The van der Waals surface area contributed by atoms with Gasteiger partial charge in [0, 0.05) is 24.6 Å². The maximum absolute atomic E-state index is 13.2. The second kappa shape index (κ2) is 14.2. The molecule has 2 amide bonds. The number of nitrogens with one attached hydrogen (secondary N) is 2. The van der Waals surface area contributed by atoms with Gasteiger partial charge in [0.2, 0.25) is 11.8 Å². The number of aromatic nitrogens is 1. The van der Waals surface area contributed by atoms with E-state index in [2.05, 4.69) is 15.6 Å². The number of carboxylic acid groups (broad SMARTS) is 2. The lowest BCUT2D eigenvalue weighted by atomic mass is 9.69. The number of nitrogens with two attached hydrogens (primary N) is 1. The first-order valence-electron chi connectivity index (χ1n) is 14.5. The first-order valence-corrected chi connectivity index (χ1v) is 15.5. The zero-order valence-corrected chi connectivity index (χ0v) is 24.9. The lowest BCUT2D eigenvalue weighted by Gasteiger charge is -2.42. The summed E-state index contributed by atoms with van der Waals surface area (Å²) in [6.07, 6.45) is 9.78. The van der Waals surface area contributed by atoms with E-state index in [0.717, 1.165) is 36.8 Å². The number of carbonyl (C=O) groups excluding carboxylic acids is 3. The summed E-state index contributed by atoms with van der Waals surface area (Å²) in [6, 6.07) is 1.62. The normalized spacial score (nSPS) is 23.9. The molecule has 232 valence electrons. The second-order valence-corrected chi connectivity index (χ2v) is 12.7. The number of nitrogens with zero attached hydrogens (tertiary/aromatic N) is 1. The van der Waals surface area contributed by atoms with Crippen molar-refractivity contribution in [2.24, 2.45) is 17.6 Å². The van der Waals surface area contributed by atoms with Crippen molar-refractivity contribution < 1.29 is 38.9 Å². The fourth-order valence-corrected chi connectivity index (χ4v) is 7.71. The lowest BCUT2D eigenvalue weighted by molar-refractivity contribution is -0.140. The molecule has 0 radical (unpaired) electrons. The number of thioether (sulfide) groups is 1. The van der Waals surface area contributed by atoms with Gasteiger partial charge in [0.05, 0.1) is 4.75 Å². The SMILES string of the molecule is CCC[C@@]1(SC[C@H](NC(=O)CC[C@H](N)C(=O)O)C(=O)NCC(=O)O)CC[C@@H]2CC(Cc3ccncc3)=C[C@@H]3C(=O)OC1=C23. The van der Waals surface area contributed by atoms with Crippen LogP contribution in [0.25, 0.3) is 0 Å². The van der Waals surface area contributed by atoms with Crippen LogP contribution in [-0.2, 0) is 35.1 Å². The number of hydrogen-bond donors (Lipinski definition) is 5. The third-order valence-electron chi connectivity index (χ3n) is 8.14. The van der Waals surface area contributed by atoms with Crippen LogP contribution in [0.15, 0.2) is 47.5 Å². The number of carboxylic acids is 2. The maximum atomic E-state index is 13.2. The molecule has 0 saturated heterocycles. The minimum Gasteiger partial charge on any atom is -0.480 e. The van der Waals surface area contributed by atoms with Gasteiger partial charge in [0.15, 0.2) is 0 Å². The molecule has 0 fully saturated rings. The van der Waals surface area contributed by atoms with Gasteiger partial charge >= 0.3 is 17.9 Å².